The van der Waals surface area contributed by atoms with E-state index in [0.29, 0.717) is 0 Å². The van der Waals surface area contributed by atoms with Crippen LogP contribution in [0.2, 0.25) is 0 Å². The quantitative estimate of drug-likeness (QED) is 0.550. The lowest BCUT2D eigenvalue weighted by Crippen LogP contribution is -2.09. The minimum Gasteiger partial charge on any atom is -0.293 e. The lowest BCUT2D eigenvalue weighted by molar-refractivity contribution is 0.367. The first kappa shape index (κ1) is 8.51. The zero-order chi connectivity index (χ0) is 7.94. The van der Waals surface area contributed by atoms with E-state index in [-0.39, 0.29) is 0 Å². The molecule has 0 amide bonds. The fourth-order valence-electron chi connectivity index (χ4n) is 1.65. The van der Waals surface area contributed by atoms with Gasteiger partial charge in [0.2, 0.25) is 0 Å². The molecule has 1 fully saturated rings. The van der Waals surface area contributed by atoms with Gasteiger partial charge < -0.3 is 0 Å². The Hall–Kier alpha value is -0.590. The van der Waals surface area contributed by atoms with Crippen LogP contribution in [0.25, 0.3) is 0 Å². The molecule has 0 aromatic heterocycles. The van der Waals surface area contributed by atoms with Gasteiger partial charge in [-0.3, -0.25) is 4.99 Å². The highest BCUT2D eigenvalue weighted by Crippen LogP contribution is 2.23. The summed E-state index contributed by atoms with van der Waals surface area (Å²) in [6.45, 7) is 4.61. The van der Waals surface area contributed by atoms with Crippen molar-refractivity contribution in [2.24, 2.45) is 10.9 Å². The Kier molecular flexibility index (Phi) is 3.95. The van der Waals surface area contributed by atoms with Gasteiger partial charge in [0.05, 0.1) is 0 Å². The fourth-order valence-corrected chi connectivity index (χ4v) is 1.65. The van der Waals surface area contributed by atoms with Crippen molar-refractivity contribution in [1.29, 1.82) is 0 Å². The first-order valence-corrected chi connectivity index (χ1v) is 4.54. The second kappa shape index (κ2) is 5.11. The van der Waals surface area contributed by atoms with Gasteiger partial charge in [-0.15, -0.1) is 0 Å². The van der Waals surface area contributed by atoms with Gasteiger partial charge in [0.15, 0.2) is 0 Å². The molecule has 1 heteroatoms. The van der Waals surface area contributed by atoms with Gasteiger partial charge in [-0.1, -0.05) is 31.9 Å². The highest BCUT2D eigenvalue weighted by atomic mass is 14.7. The van der Waals surface area contributed by atoms with Crippen molar-refractivity contribution in [2.45, 2.75) is 32.1 Å². The van der Waals surface area contributed by atoms with Crippen LogP contribution in [0.3, 0.4) is 0 Å². The summed E-state index contributed by atoms with van der Waals surface area (Å²) in [5.74, 6) is 0.861. The van der Waals surface area contributed by atoms with Gasteiger partial charge >= 0.3 is 0 Å². The molecule has 0 aromatic rings. The smallest absolute Gasteiger partial charge is 0.0417 e. The lowest BCUT2D eigenvalue weighted by Gasteiger charge is -2.18. The van der Waals surface area contributed by atoms with Gasteiger partial charge in [0, 0.05) is 12.8 Å². The number of hydrogen-bond donors (Lipinski definition) is 0. The van der Waals surface area contributed by atoms with Crippen LogP contribution in [0.15, 0.2) is 17.6 Å². The highest BCUT2D eigenvalue weighted by Gasteiger charge is 2.11. The molecule has 0 aliphatic heterocycles. The number of allylic oxidation sites excluding steroid dienone is 1. The molecule has 1 aliphatic carbocycles. The Bertz CT molecular complexity index is 132. The summed E-state index contributed by atoms with van der Waals surface area (Å²) in [5, 5.41) is 0. The van der Waals surface area contributed by atoms with Crippen molar-refractivity contribution in [2.75, 3.05) is 6.54 Å². The second-order valence-electron chi connectivity index (χ2n) is 3.25. The molecule has 0 atom stereocenters. The third-order valence-corrected chi connectivity index (χ3v) is 2.30. The molecule has 62 valence electrons. The van der Waals surface area contributed by atoms with E-state index < -0.39 is 0 Å². The van der Waals surface area contributed by atoms with E-state index in [0.717, 1.165) is 12.5 Å². The summed E-state index contributed by atoms with van der Waals surface area (Å²) < 4.78 is 0. The molecule has 1 aliphatic rings. The number of hydrogen-bond acceptors (Lipinski definition) is 1. The first-order chi connectivity index (χ1) is 5.43. The first-order valence-electron chi connectivity index (χ1n) is 4.54. The minimum absolute atomic E-state index is 0.861. The standard InChI is InChI=1S/C10H17N/c1-2-8-11-9-10-6-4-3-5-7-10/h2,8,10H,1,3-7,9H2/b11-8-. The number of rotatable bonds is 3. The summed E-state index contributed by atoms with van der Waals surface area (Å²) in [6.07, 6.45) is 10.6. The van der Waals surface area contributed by atoms with Crippen molar-refractivity contribution in [1.82, 2.24) is 0 Å². The van der Waals surface area contributed by atoms with Gasteiger partial charge in [-0.05, 0) is 18.8 Å². The largest absolute Gasteiger partial charge is 0.293 e. The topological polar surface area (TPSA) is 12.4 Å². The maximum absolute atomic E-state index is 4.27. The average molecular weight is 151 g/mol. The van der Waals surface area contributed by atoms with Gasteiger partial charge in [0.1, 0.15) is 0 Å². The van der Waals surface area contributed by atoms with Crippen LogP contribution in [0.1, 0.15) is 32.1 Å². The molecule has 1 nitrogen and oxygen atoms in total. The molecule has 0 unspecified atom stereocenters. The van der Waals surface area contributed by atoms with E-state index in [4.69, 9.17) is 0 Å². The molecular weight excluding hydrogens is 134 g/mol. The van der Waals surface area contributed by atoms with Crippen molar-refractivity contribution in [3.8, 4) is 0 Å². The van der Waals surface area contributed by atoms with Gasteiger partial charge in [0.25, 0.3) is 0 Å². The summed E-state index contributed by atoms with van der Waals surface area (Å²) in [5.41, 5.74) is 0. The monoisotopic (exact) mass is 151 g/mol. The third kappa shape index (κ3) is 3.35. The summed E-state index contributed by atoms with van der Waals surface area (Å²) in [4.78, 5) is 4.27. The van der Waals surface area contributed by atoms with E-state index in [1.807, 2.05) is 6.21 Å². The van der Waals surface area contributed by atoms with Crippen LogP contribution in [0.4, 0.5) is 0 Å². The van der Waals surface area contributed by atoms with Crippen LogP contribution in [-0.4, -0.2) is 12.8 Å². The highest BCUT2D eigenvalue weighted by molar-refractivity contribution is 5.69. The molecule has 1 saturated carbocycles. The zero-order valence-corrected chi connectivity index (χ0v) is 7.13. The van der Waals surface area contributed by atoms with Gasteiger partial charge in [-0.25, -0.2) is 0 Å². The normalized spacial score (nSPS) is 20.7. The Morgan fingerprint density at radius 2 is 2.00 bits per heavy atom. The molecule has 0 N–H and O–H groups in total. The lowest BCUT2D eigenvalue weighted by atomic mass is 9.89. The van der Waals surface area contributed by atoms with E-state index in [1.165, 1.54) is 32.1 Å². The Morgan fingerprint density at radius 3 is 2.64 bits per heavy atom. The summed E-state index contributed by atoms with van der Waals surface area (Å²) in [6, 6.07) is 0. The average Bonchev–Trinajstić information content (AvgIpc) is 2.07. The van der Waals surface area contributed by atoms with Gasteiger partial charge in [-0.2, -0.15) is 0 Å². The van der Waals surface area contributed by atoms with Crippen LogP contribution in [0, 0.1) is 5.92 Å². The maximum Gasteiger partial charge on any atom is 0.0417 e. The second-order valence-corrected chi connectivity index (χ2v) is 3.25. The molecule has 1 rings (SSSR count). The van der Waals surface area contributed by atoms with Crippen LogP contribution >= 0.6 is 0 Å². The zero-order valence-electron chi connectivity index (χ0n) is 7.13. The van der Waals surface area contributed by atoms with E-state index >= 15 is 0 Å². The summed E-state index contributed by atoms with van der Waals surface area (Å²) >= 11 is 0. The predicted molar refractivity (Wildman–Crippen MR) is 50.1 cm³/mol. The Morgan fingerprint density at radius 1 is 1.27 bits per heavy atom. The maximum atomic E-state index is 4.27. The Labute approximate surface area is 69.2 Å². The van der Waals surface area contributed by atoms with Crippen molar-refractivity contribution in [3.63, 3.8) is 0 Å². The molecule has 0 spiro atoms. The molecule has 11 heavy (non-hydrogen) atoms. The molecular formula is C10H17N. The fraction of sp³-hybridized carbons (Fsp3) is 0.700. The van der Waals surface area contributed by atoms with Crippen LogP contribution < -0.4 is 0 Å². The molecule has 0 bridgehead atoms. The molecule has 0 saturated heterocycles. The minimum atomic E-state index is 0.861. The molecule has 0 aromatic carbocycles. The van der Waals surface area contributed by atoms with Crippen molar-refractivity contribution in [3.05, 3.63) is 12.7 Å². The van der Waals surface area contributed by atoms with Crippen LogP contribution in [0.5, 0.6) is 0 Å². The number of aliphatic imine (C=N–C) groups is 1. The van der Waals surface area contributed by atoms with Crippen molar-refractivity contribution < 1.29 is 0 Å². The SMILES string of the molecule is C=C/C=N\CC1CCCCC1. The van der Waals surface area contributed by atoms with E-state index in [1.54, 1.807) is 6.08 Å². The number of nitrogens with zero attached hydrogens (tertiary/aromatic N) is 1. The van der Waals surface area contributed by atoms with E-state index in [9.17, 15) is 0 Å². The molecule has 0 radical (unpaired) electrons. The molecule has 0 heterocycles. The van der Waals surface area contributed by atoms with Crippen LogP contribution in [-0.2, 0) is 0 Å². The van der Waals surface area contributed by atoms with E-state index in [2.05, 4.69) is 11.6 Å². The van der Waals surface area contributed by atoms with Crippen molar-refractivity contribution >= 4 is 6.21 Å². The predicted octanol–water partition coefficient (Wildman–Crippen LogP) is 2.82. The third-order valence-electron chi connectivity index (χ3n) is 2.30. The Balaban J connectivity index is 2.14. The summed E-state index contributed by atoms with van der Waals surface area (Å²) in [7, 11) is 0.